The zero-order valence-corrected chi connectivity index (χ0v) is 16.6. The van der Waals surface area contributed by atoms with Crippen LogP contribution in [0.2, 0.25) is 0 Å². The molecule has 27 heavy (non-hydrogen) atoms. The standard InChI is InChI=1S/C23H34O4/c1-3-4-5-11-21(25)15-13-19-9-7-10-20(17-19)14-16-23(27)22(26)12-6-8-18(2)24/h7,9-10,13-17,21-23,25-27H,3-6,8,11-12H2,1-2H3/b15-13+,16-14+/t21-,22-,23+/m0/s1. The predicted octanol–water partition coefficient (Wildman–Crippen LogP) is 4.14. The van der Waals surface area contributed by atoms with E-state index < -0.39 is 18.3 Å². The molecule has 0 radical (unpaired) electrons. The van der Waals surface area contributed by atoms with E-state index in [9.17, 15) is 20.1 Å². The van der Waals surface area contributed by atoms with Crippen molar-refractivity contribution in [3.8, 4) is 0 Å². The molecular weight excluding hydrogens is 340 g/mol. The van der Waals surface area contributed by atoms with Crippen molar-refractivity contribution >= 4 is 17.9 Å². The van der Waals surface area contributed by atoms with Gasteiger partial charge in [0.05, 0.1) is 18.3 Å². The Morgan fingerprint density at radius 1 is 1.00 bits per heavy atom. The smallest absolute Gasteiger partial charge is 0.129 e. The monoisotopic (exact) mass is 374 g/mol. The minimum atomic E-state index is -0.962. The summed E-state index contributed by atoms with van der Waals surface area (Å²) in [6.45, 7) is 3.66. The second-order valence-electron chi connectivity index (χ2n) is 7.10. The van der Waals surface area contributed by atoms with Crippen LogP contribution in [0, 0.1) is 0 Å². The van der Waals surface area contributed by atoms with Crippen LogP contribution in [0.1, 0.15) is 69.9 Å². The minimum Gasteiger partial charge on any atom is -0.390 e. The second kappa shape index (κ2) is 13.4. The highest BCUT2D eigenvalue weighted by Crippen LogP contribution is 2.13. The second-order valence-corrected chi connectivity index (χ2v) is 7.10. The minimum absolute atomic E-state index is 0.0904. The molecule has 4 heteroatoms. The van der Waals surface area contributed by atoms with E-state index >= 15 is 0 Å². The number of carbonyl (C=O) groups excluding carboxylic acids is 1. The van der Waals surface area contributed by atoms with Gasteiger partial charge in [-0.15, -0.1) is 0 Å². The third-order valence-corrected chi connectivity index (χ3v) is 4.43. The number of Topliss-reactive ketones (excluding diaryl/α,β-unsaturated/α-hetero) is 1. The highest BCUT2D eigenvalue weighted by atomic mass is 16.3. The predicted molar refractivity (Wildman–Crippen MR) is 111 cm³/mol. The summed E-state index contributed by atoms with van der Waals surface area (Å²) in [6, 6.07) is 7.75. The molecule has 0 aliphatic heterocycles. The van der Waals surface area contributed by atoms with E-state index in [-0.39, 0.29) is 5.78 Å². The van der Waals surface area contributed by atoms with E-state index in [1.165, 1.54) is 6.92 Å². The number of hydrogen-bond donors (Lipinski definition) is 3. The molecule has 4 nitrogen and oxygen atoms in total. The lowest BCUT2D eigenvalue weighted by molar-refractivity contribution is -0.117. The van der Waals surface area contributed by atoms with E-state index in [4.69, 9.17) is 0 Å². The fourth-order valence-corrected chi connectivity index (χ4v) is 2.76. The zero-order valence-electron chi connectivity index (χ0n) is 16.6. The highest BCUT2D eigenvalue weighted by Gasteiger charge is 2.13. The molecule has 150 valence electrons. The van der Waals surface area contributed by atoms with Gasteiger partial charge in [-0.25, -0.2) is 0 Å². The maximum atomic E-state index is 10.9. The van der Waals surface area contributed by atoms with Crippen LogP contribution in [-0.4, -0.2) is 39.4 Å². The average molecular weight is 375 g/mol. The summed E-state index contributed by atoms with van der Waals surface area (Å²) in [6.07, 6.45) is 10.3. The SMILES string of the molecule is CCCCC[C@H](O)/C=C/c1cccc(/C=C/[C@@H](O)[C@@H](O)CCCC(C)=O)c1. The van der Waals surface area contributed by atoms with E-state index in [0.29, 0.717) is 19.3 Å². The Balaban J connectivity index is 2.54. The van der Waals surface area contributed by atoms with Crippen LogP contribution in [0.25, 0.3) is 12.2 Å². The Hall–Kier alpha value is -1.75. The number of rotatable bonds is 13. The van der Waals surface area contributed by atoms with Crippen LogP contribution in [0.3, 0.4) is 0 Å². The summed E-state index contributed by atoms with van der Waals surface area (Å²) in [5.74, 6) is 0.0904. The first-order chi connectivity index (χ1) is 12.9. The molecule has 0 amide bonds. The molecule has 0 fully saturated rings. The Morgan fingerprint density at radius 2 is 1.67 bits per heavy atom. The molecule has 0 unspecified atom stereocenters. The van der Waals surface area contributed by atoms with Gasteiger partial charge in [-0.3, -0.25) is 0 Å². The number of carbonyl (C=O) groups is 1. The molecule has 0 aliphatic rings. The molecule has 0 bridgehead atoms. The summed E-state index contributed by atoms with van der Waals surface area (Å²) in [7, 11) is 0. The average Bonchev–Trinajstić information content (AvgIpc) is 2.64. The van der Waals surface area contributed by atoms with Gasteiger partial charge in [-0.1, -0.05) is 68.7 Å². The van der Waals surface area contributed by atoms with Crippen molar-refractivity contribution in [3.05, 3.63) is 47.5 Å². The number of benzene rings is 1. The van der Waals surface area contributed by atoms with Crippen molar-refractivity contribution < 1.29 is 20.1 Å². The summed E-state index contributed by atoms with van der Waals surface area (Å²) >= 11 is 0. The fourth-order valence-electron chi connectivity index (χ4n) is 2.76. The molecule has 1 rings (SSSR count). The number of unbranched alkanes of at least 4 members (excludes halogenated alkanes) is 2. The largest absolute Gasteiger partial charge is 0.390 e. The van der Waals surface area contributed by atoms with Gasteiger partial charge in [-0.2, -0.15) is 0 Å². The molecule has 3 N–H and O–H groups in total. The van der Waals surface area contributed by atoms with Crippen molar-refractivity contribution in [1.29, 1.82) is 0 Å². The number of aliphatic hydroxyl groups is 3. The number of hydrogen-bond acceptors (Lipinski definition) is 4. The maximum Gasteiger partial charge on any atom is 0.129 e. The molecule has 0 saturated carbocycles. The molecule has 0 aromatic heterocycles. The summed E-state index contributed by atoms with van der Waals surface area (Å²) < 4.78 is 0. The number of ketones is 1. The van der Waals surface area contributed by atoms with Crippen LogP contribution in [0.15, 0.2) is 36.4 Å². The van der Waals surface area contributed by atoms with Gasteiger partial charge in [0.15, 0.2) is 0 Å². The van der Waals surface area contributed by atoms with Crippen LogP contribution in [0.5, 0.6) is 0 Å². The Labute approximate surface area is 163 Å². The van der Waals surface area contributed by atoms with Gasteiger partial charge >= 0.3 is 0 Å². The van der Waals surface area contributed by atoms with E-state index in [1.54, 1.807) is 12.2 Å². The van der Waals surface area contributed by atoms with E-state index in [2.05, 4.69) is 6.92 Å². The first kappa shape index (κ1) is 23.3. The van der Waals surface area contributed by atoms with Crippen molar-refractivity contribution in [2.75, 3.05) is 0 Å². The zero-order chi connectivity index (χ0) is 20.1. The first-order valence-corrected chi connectivity index (χ1v) is 9.92. The molecule has 0 spiro atoms. The summed E-state index contributed by atoms with van der Waals surface area (Å²) in [5, 5.41) is 29.9. The Morgan fingerprint density at radius 3 is 2.30 bits per heavy atom. The van der Waals surface area contributed by atoms with Gasteiger partial charge in [0, 0.05) is 6.42 Å². The molecular formula is C23H34O4. The van der Waals surface area contributed by atoms with Gasteiger partial charge in [0.1, 0.15) is 5.78 Å². The molecule has 1 aromatic rings. The molecule has 0 saturated heterocycles. The summed E-state index contributed by atoms with van der Waals surface area (Å²) in [4.78, 5) is 10.9. The third-order valence-electron chi connectivity index (χ3n) is 4.43. The van der Waals surface area contributed by atoms with Crippen LogP contribution < -0.4 is 0 Å². The highest BCUT2D eigenvalue weighted by molar-refractivity contribution is 5.75. The molecule has 1 aromatic carbocycles. The van der Waals surface area contributed by atoms with Crippen LogP contribution in [-0.2, 0) is 4.79 Å². The van der Waals surface area contributed by atoms with Crippen molar-refractivity contribution in [2.24, 2.45) is 0 Å². The third kappa shape index (κ3) is 10.9. The lowest BCUT2D eigenvalue weighted by Gasteiger charge is -2.13. The van der Waals surface area contributed by atoms with Gasteiger partial charge in [0.2, 0.25) is 0 Å². The van der Waals surface area contributed by atoms with Crippen molar-refractivity contribution in [3.63, 3.8) is 0 Å². The summed E-state index contributed by atoms with van der Waals surface area (Å²) in [5.41, 5.74) is 1.88. The first-order valence-electron chi connectivity index (χ1n) is 9.92. The maximum absolute atomic E-state index is 10.9. The Kier molecular flexibility index (Phi) is 11.6. The molecule has 3 atom stereocenters. The molecule has 0 heterocycles. The van der Waals surface area contributed by atoms with Gasteiger partial charge < -0.3 is 20.1 Å². The topological polar surface area (TPSA) is 77.8 Å². The molecule has 0 aliphatic carbocycles. The normalized spacial score (nSPS) is 15.3. The fraction of sp³-hybridized carbons (Fsp3) is 0.522. The van der Waals surface area contributed by atoms with Crippen molar-refractivity contribution in [1.82, 2.24) is 0 Å². The van der Waals surface area contributed by atoms with Crippen LogP contribution >= 0.6 is 0 Å². The Bertz CT molecular complexity index is 606. The van der Waals surface area contributed by atoms with Crippen molar-refractivity contribution in [2.45, 2.75) is 77.1 Å². The van der Waals surface area contributed by atoms with Gasteiger partial charge in [0.25, 0.3) is 0 Å². The lowest BCUT2D eigenvalue weighted by atomic mass is 10.0. The number of aliphatic hydroxyl groups excluding tert-OH is 3. The van der Waals surface area contributed by atoms with Crippen LogP contribution in [0.4, 0.5) is 0 Å². The van der Waals surface area contributed by atoms with E-state index in [1.807, 2.05) is 36.4 Å². The quantitative estimate of drug-likeness (QED) is 0.454. The van der Waals surface area contributed by atoms with Gasteiger partial charge in [-0.05, 0) is 43.4 Å². The lowest BCUT2D eigenvalue weighted by Crippen LogP contribution is -2.23. The van der Waals surface area contributed by atoms with E-state index in [0.717, 1.165) is 36.8 Å².